The second-order valence-electron chi connectivity index (χ2n) is 8.94. The Morgan fingerprint density at radius 2 is 1.09 bits per heavy atom. The fourth-order valence-electron chi connectivity index (χ4n) is 4.53. The van der Waals surface area contributed by atoms with Gasteiger partial charge in [0.2, 0.25) is 0 Å². The zero-order valence-corrected chi connectivity index (χ0v) is 21.8. The predicted molar refractivity (Wildman–Crippen MR) is 151 cm³/mol. The Morgan fingerprint density at radius 3 is 1.55 bits per heavy atom. The average molecular weight is 477 g/mol. The van der Waals surface area contributed by atoms with Crippen molar-refractivity contribution in [2.45, 2.75) is 30.6 Å². The van der Waals surface area contributed by atoms with Crippen LogP contribution in [0.25, 0.3) is 32.7 Å². The molecule has 1 atom stereocenters. The van der Waals surface area contributed by atoms with Gasteiger partial charge in [-0.3, -0.25) is 9.88 Å². The molecule has 4 aromatic carbocycles. The Hall–Kier alpha value is -2.24. The van der Waals surface area contributed by atoms with Gasteiger partial charge in [-0.15, -0.1) is 0 Å². The highest BCUT2D eigenvalue weighted by atomic mass is 32.3. The molecule has 0 saturated carbocycles. The summed E-state index contributed by atoms with van der Waals surface area (Å²) in [4.78, 5) is 1.79. The third-order valence-corrected chi connectivity index (χ3v) is 13.6. The van der Waals surface area contributed by atoms with Crippen LogP contribution in [-0.2, 0) is 0 Å². The van der Waals surface area contributed by atoms with Gasteiger partial charge in [0.25, 0.3) is 0 Å². The Balaban J connectivity index is 2.24. The lowest BCUT2D eigenvalue weighted by Gasteiger charge is -2.36. The first-order valence-electron chi connectivity index (χ1n) is 11.5. The molecule has 0 heterocycles. The largest absolute Gasteiger partial charge is 0.506 e. The molecule has 172 valence electrons. The topological polar surface area (TPSA) is 40.5 Å². The lowest BCUT2D eigenvalue weighted by molar-refractivity contribution is 0.457. The monoisotopic (exact) mass is 476 g/mol. The molecular weight excluding hydrogens is 443 g/mol. The first-order valence-corrected chi connectivity index (χ1v) is 16.1. The molecule has 0 aliphatic rings. The molecule has 0 aliphatic heterocycles. The number of aromatic hydroxyl groups is 2. The Morgan fingerprint density at radius 1 is 0.667 bits per heavy atom. The second kappa shape index (κ2) is 8.85. The van der Waals surface area contributed by atoms with Gasteiger partial charge < -0.3 is 10.2 Å². The van der Waals surface area contributed by atoms with Gasteiger partial charge in [-0.1, -0.05) is 69.3 Å². The molecule has 0 aliphatic carbocycles. The molecule has 0 aromatic heterocycles. The van der Waals surface area contributed by atoms with Gasteiger partial charge in [0.15, 0.2) is 0 Å². The van der Waals surface area contributed by atoms with E-state index in [0.717, 1.165) is 48.6 Å². The van der Waals surface area contributed by atoms with Crippen molar-refractivity contribution in [1.82, 2.24) is 0 Å². The Bertz CT molecular complexity index is 1340. The maximum atomic E-state index is 11.9. The molecule has 0 fully saturated rings. The van der Waals surface area contributed by atoms with Crippen molar-refractivity contribution in [2.75, 3.05) is 29.8 Å². The van der Waals surface area contributed by atoms with Gasteiger partial charge in [-0.05, 0) is 63.4 Å². The molecule has 33 heavy (non-hydrogen) atoms. The molecule has 2 radical (unpaired) electrons. The van der Waals surface area contributed by atoms with Crippen molar-refractivity contribution in [2.24, 2.45) is 0 Å². The summed E-state index contributed by atoms with van der Waals surface area (Å²) >= 11 is 0. The highest BCUT2D eigenvalue weighted by molar-refractivity contribution is 8.49. The highest BCUT2D eigenvalue weighted by Gasteiger charge is 2.28. The van der Waals surface area contributed by atoms with Crippen molar-refractivity contribution < 1.29 is 10.2 Å². The lowest BCUT2D eigenvalue weighted by Crippen LogP contribution is -2.06. The fourth-order valence-corrected chi connectivity index (χ4v) is 7.79. The molecule has 0 amide bonds. The second-order valence-corrected chi connectivity index (χ2v) is 16.4. The summed E-state index contributed by atoms with van der Waals surface area (Å²) < 4.78 is 0. The molecular formula is C28H33BO2S2. The molecule has 0 bridgehead atoms. The summed E-state index contributed by atoms with van der Waals surface area (Å²) in [6, 6.07) is 20.4. The zero-order chi connectivity index (χ0) is 24.0. The summed E-state index contributed by atoms with van der Waals surface area (Å²) in [6.45, 7) is 6.46. The van der Waals surface area contributed by atoms with E-state index in [1.54, 1.807) is 0 Å². The third-order valence-electron chi connectivity index (χ3n) is 7.13. The number of phenolic OH excluding ortho intramolecular Hbond substituents is 2. The van der Waals surface area contributed by atoms with Crippen LogP contribution in [-0.4, -0.2) is 47.1 Å². The molecule has 2 nitrogen and oxygen atoms in total. The summed E-state index contributed by atoms with van der Waals surface area (Å²) in [6.07, 6.45) is 4.32. The van der Waals surface area contributed by atoms with Gasteiger partial charge in [-0.25, -0.2) is 10.0 Å². The first kappa shape index (κ1) is 23.9. The molecule has 0 spiro atoms. The predicted octanol–water partition coefficient (Wildman–Crippen LogP) is 7.80. The summed E-state index contributed by atoms with van der Waals surface area (Å²) in [5.41, 5.74) is 1.40. The van der Waals surface area contributed by atoms with E-state index in [0.29, 0.717) is 11.1 Å². The summed E-state index contributed by atoms with van der Waals surface area (Å²) in [7, 11) is 3.84. The maximum absolute atomic E-state index is 11.9. The lowest BCUT2D eigenvalue weighted by atomic mass is 9.92. The minimum absolute atomic E-state index is 0.192. The van der Waals surface area contributed by atoms with Crippen LogP contribution in [0.4, 0.5) is 0 Å². The number of hydrogen-bond donors (Lipinski definition) is 2. The quantitative estimate of drug-likeness (QED) is 0.279. The van der Waals surface area contributed by atoms with E-state index in [9.17, 15) is 10.2 Å². The van der Waals surface area contributed by atoms with Crippen molar-refractivity contribution >= 4 is 48.6 Å². The number of hydrogen-bond acceptors (Lipinski definition) is 2. The van der Waals surface area contributed by atoms with E-state index in [4.69, 9.17) is 7.12 Å². The number of benzene rings is 4. The van der Waals surface area contributed by atoms with E-state index in [1.807, 2.05) is 48.7 Å². The fraction of sp³-hybridized carbons (Fsp3) is 0.286. The van der Waals surface area contributed by atoms with Gasteiger partial charge >= 0.3 is 0 Å². The SMILES string of the molecule is [B]S(C)(CC)c1cc2ccccc2c(-c2c(O)c(S(C)(CC)CC)cc3ccccc23)c1O. The summed E-state index contributed by atoms with van der Waals surface area (Å²) in [5.74, 6) is 3.22. The van der Waals surface area contributed by atoms with Crippen LogP contribution in [0, 0.1) is 0 Å². The standard InChI is InChI=1S/C28H33BO2S2/c1-6-32(4,7-2)23-17-19-13-9-11-15-21(19)25(27(23)30)26-22-16-12-10-14-20(22)18-24(28(26)31)33(5,29)8-3/h9-18,30-31H,6-8H2,1-5H3. The normalized spacial score (nSPS) is 15.4. The molecule has 4 rings (SSSR count). The van der Waals surface area contributed by atoms with Crippen LogP contribution in [0.2, 0.25) is 0 Å². The smallest absolute Gasteiger partial charge is 0.143 e. The molecule has 4 aromatic rings. The van der Waals surface area contributed by atoms with Crippen LogP contribution in [0.1, 0.15) is 20.8 Å². The van der Waals surface area contributed by atoms with Crippen LogP contribution in [0.3, 0.4) is 0 Å². The van der Waals surface area contributed by atoms with E-state index in [2.05, 4.69) is 45.2 Å². The Kier molecular flexibility index (Phi) is 6.41. The third kappa shape index (κ3) is 3.89. The maximum Gasteiger partial charge on any atom is 0.143 e. The van der Waals surface area contributed by atoms with Gasteiger partial charge in [0.05, 0.1) is 0 Å². The number of rotatable bonds is 6. The van der Waals surface area contributed by atoms with Crippen LogP contribution < -0.4 is 0 Å². The average Bonchev–Trinajstić information content (AvgIpc) is 2.83. The number of phenols is 2. The minimum atomic E-state index is -1.69. The van der Waals surface area contributed by atoms with Gasteiger partial charge in [0, 0.05) is 20.9 Å². The van der Waals surface area contributed by atoms with Crippen molar-refractivity contribution in [3.63, 3.8) is 0 Å². The van der Waals surface area contributed by atoms with Gasteiger partial charge in [-0.2, -0.15) is 0 Å². The molecule has 1 unspecified atom stereocenters. The van der Waals surface area contributed by atoms with E-state index < -0.39 is 19.9 Å². The highest BCUT2D eigenvalue weighted by Crippen LogP contribution is 2.61. The molecule has 0 saturated heterocycles. The molecule has 5 heteroatoms. The Labute approximate surface area is 202 Å². The van der Waals surface area contributed by atoms with Gasteiger partial charge in [0.1, 0.15) is 18.6 Å². The molecule has 2 N–H and O–H groups in total. The van der Waals surface area contributed by atoms with Crippen molar-refractivity contribution in [3.8, 4) is 22.6 Å². The number of fused-ring (bicyclic) bond motifs is 2. The van der Waals surface area contributed by atoms with E-state index in [1.165, 1.54) is 0 Å². The van der Waals surface area contributed by atoms with Crippen LogP contribution in [0.5, 0.6) is 11.5 Å². The zero-order valence-electron chi connectivity index (χ0n) is 20.2. The first-order chi connectivity index (χ1) is 15.7. The van der Waals surface area contributed by atoms with E-state index in [-0.39, 0.29) is 11.5 Å². The summed E-state index contributed by atoms with van der Waals surface area (Å²) in [5, 5.41) is 27.6. The van der Waals surface area contributed by atoms with E-state index >= 15 is 0 Å². The minimum Gasteiger partial charge on any atom is -0.506 e. The van der Waals surface area contributed by atoms with Crippen molar-refractivity contribution in [1.29, 1.82) is 0 Å². The van der Waals surface area contributed by atoms with Crippen molar-refractivity contribution in [3.05, 3.63) is 60.7 Å². The van der Waals surface area contributed by atoms with Crippen LogP contribution in [0.15, 0.2) is 70.5 Å². The van der Waals surface area contributed by atoms with Crippen LogP contribution >= 0.6 is 19.9 Å².